The number of para-hydroxylation sites is 2. The molecular weight excluding hydrogens is 415 g/mol. The Morgan fingerprint density at radius 1 is 1.26 bits per heavy atom. The van der Waals surface area contributed by atoms with Crippen LogP contribution in [0.5, 0.6) is 0 Å². The number of carbonyl (C=O) groups excluding carboxylic acids is 1. The molecule has 0 saturated carbocycles. The molecule has 3 aromatic rings. The van der Waals surface area contributed by atoms with Crippen molar-refractivity contribution in [3.05, 3.63) is 62.8 Å². The van der Waals surface area contributed by atoms with Crippen LogP contribution >= 0.6 is 34.8 Å². The average Bonchev–Trinajstić information content (AvgIpc) is 3.08. The van der Waals surface area contributed by atoms with Gasteiger partial charge in [-0.1, -0.05) is 46.9 Å². The number of H-pyrrole nitrogens is 1. The molecule has 0 aliphatic carbocycles. The third-order valence-electron chi connectivity index (χ3n) is 3.48. The first-order valence-corrected chi connectivity index (χ1v) is 8.49. The van der Waals surface area contributed by atoms with Crippen molar-refractivity contribution in [3.63, 3.8) is 0 Å². The van der Waals surface area contributed by atoms with Crippen molar-refractivity contribution in [1.82, 2.24) is 15.0 Å². The number of pyridine rings is 1. The molecule has 0 radical (unpaired) electrons. The zero-order valence-corrected chi connectivity index (χ0v) is 15.6. The Morgan fingerprint density at radius 2 is 2.00 bits per heavy atom. The maximum absolute atomic E-state index is 12.1. The molecule has 0 saturated heterocycles. The predicted octanol–water partition coefficient (Wildman–Crippen LogP) is 4.57. The zero-order valence-electron chi connectivity index (χ0n) is 13.3. The van der Waals surface area contributed by atoms with Gasteiger partial charge in [0, 0.05) is 6.20 Å². The van der Waals surface area contributed by atoms with Gasteiger partial charge in [0.2, 0.25) is 0 Å². The van der Waals surface area contributed by atoms with Crippen LogP contribution in [-0.4, -0.2) is 32.6 Å². The maximum atomic E-state index is 12.1. The first kappa shape index (κ1) is 19.0. The molecule has 0 aliphatic rings. The summed E-state index contributed by atoms with van der Waals surface area (Å²) in [4.78, 5) is 23.0. The molecule has 10 heteroatoms. The number of nitrogens with zero attached hydrogens (tertiary/aromatic N) is 3. The molecule has 2 heterocycles. The number of nitrogens with one attached hydrogen (secondary N) is 1. The second-order valence-electron chi connectivity index (χ2n) is 5.19. The molecule has 0 aliphatic heterocycles. The van der Waals surface area contributed by atoms with Crippen molar-refractivity contribution in [2.24, 2.45) is 0 Å². The lowest BCUT2D eigenvalue weighted by molar-refractivity contribution is 0.0496. The number of aliphatic hydroxyl groups is 1. The monoisotopic (exact) mass is 422 g/mol. The van der Waals surface area contributed by atoms with E-state index in [0.29, 0.717) is 11.0 Å². The molecule has 2 N–H and O–H groups in total. The van der Waals surface area contributed by atoms with Gasteiger partial charge in [-0.15, -0.1) is 0 Å². The Kier molecular flexibility index (Phi) is 5.51. The summed E-state index contributed by atoms with van der Waals surface area (Å²) in [7, 11) is 0. The number of hydrogen-bond acceptors (Lipinski definition) is 6. The molecule has 7 nitrogen and oxygen atoms in total. The van der Waals surface area contributed by atoms with Gasteiger partial charge >= 0.3 is 5.97 Å². The van der Waals surface area contributed by atoms with E-state index < -0.39 is 18.3 Å². The Morgan fingerprint density at radius 3 is 2.70 bits per heavy atom. The number of imidazole rings is 1. The molecular formula is C17H9Cl3N4O3. The number of esters is 1. The number of aromatic amines is 1. The molecule has 0 atom stereocenters. The standard InChI is InChI=1S/C17H9Cl3N4O3/c18-9-6-22-15(14(20)13(9)19)17(26)27-7-12(25)8(5-21)16-23-10-3-1-2-4-11(10)24-16/h1-4,6,25H,7H2,(H,23,24)/b12-8+. The van der Waals surface area contributed by atoms with E-state index in [2.05, 4.69) is 15.0 Å². The number of halogens is 3. The minimum atomic E-state index is -0.938. The summed E-state index contributed by atoms with van der Waals surface area (Å²) in [6.07, 6.45) is 1.15. The number of benzene rings is 1. The number of aliphatic hydroxyl groups excluding tert-OH is 1. The fourth-order valence-electron chi connectivity index (χ4n) is 2.19. The van der Waals surface area contributed by atoms with Crippen molar-refractivity contribution in [3.8, 4) is 6.07 Å². The fourth-order valence-corrected chi connectivity index (χ4v) is 2.74. The van der Waals surface area contributed by atoms with Crippen LogP contribution in [0, 0.1) is 11.3 Å². The van der Waals surface area contributed by atoms with E-state index in [1.165, 1.54) is 0 Å². The van der Waals surface area contributed by atoms with Crippen LogP contribution in [-0.2, 0) is 4.74 Å². The smallest absolute Gasteiger partial charge is 0.358 e. The summed E-state index contributed by atoms with van der Waals surface area (Å²) in [5.41, 5.74) is 0.891. The van der Waals surface area contributed by atoms with Gasteiger partial charge in [-0.3, -0.25) is 0 Å². The quantitative estimate of drug-likeness (QED) is 0.361. The number of ether oxygens (including phenoxy) is 1. The van der Waals surface area contributed by atoms with Crippen molar-refractivity contribution < 1.29 is 14.6 Å². The molecule has 0 fully saturated rings. The van der Waals surface area contributed by atoms with Crippen LogP contribution in [0.25, 0.3) is 16.6 Å². The zero-order chi connectivity index (χ0) is 19.6. The van der Waals surface area contributed by atoms with E-state index in [0.717, 1.165) is 6.20 Å². The molecule has 2 aromatic heterocycles. The van der Waals surface area contributed by atoms with Gasteiger partial charge in [-0.2, -0.15) is 5.26 Å². The van der Waals surface area contributed by atoms with E-state index in [-0.39, 0.29) is 32.2 Å². The summed E-state index contributed by atoms with van der Waals surface area (Å²) in [5, 5.41) is 19.4. The average molecular weight is 424 g/mol. The van der Waals surface area contributed by atoms with Gasteiger partial charge < -0.3 is 14.8 Å². The minimum Gasteiger partial charge on any atom is -0.507 e. The van der Waals surface area contributed by atoms with Crippen molar-refractivity contribution >= 4 is 57.4 Å². The lowest BCUT2D eigenvalue weighted by Gasteiger charge is -2.07. The Bertz CT molecular complexity index is 1090. The van der Waals surface area contributed by atoms with Crippen LogP contribution in [0.2, 0.25) is 15.1 Å². The lowest BCUT2D eigenvalue weighted by Crippen LogP contribution is -2.11. The molecule has 1 aromatic carbocycles. The highest BCUT2D eigenvalue weighted by Crippen LogP contribution is 2.31. The molecule has 27 heavy (non-hydrogen) atoms. The number of hydrogen-bond donors (Lipinski definition) is 2. The van der Waals surface area contributed by atoms with Gasteiger partial charge in [-0.05, 0) is 12.1 Å². The number of aromatic nitrogens is 3. The van der Waals surface area contributed by atoms with Crippen molar-refractivity contribution in [2.45, 2.75) is 0 Å². The second kappa shape index (κ2) is 7.84. The Hall–Kier alpha value is -2.79. The van der Waals surface area contributed by atoms with Crippen LogP contribution in [0.4, 0.5) is 0 Å². The van der Waals surface area contributed by atoms with Gasteiger partial charge in [0.15, 0.2) is 17.3 Å². The lowest BCUT2D eigenvalue weighted by atomic mass is 10.2. The maximum Gasteiger partial charge on any atom is 0.358 e. The van der Waals surface area contributed by atoms with E-state index in [4.69, 9.17) is 39.5 Å². The van der Waals surface area contributed by atoms with Gasteiger partial charge in [-0.25, -0.2) is 14.8 Å². The number of allylic oxidation sites excluding steroid dienone is 1. The third-order valence-corrected chi connectivity index (χ3v) is 4.72. The molecule has 0 amide bonds. The highest BCUT2D eigenvalue weighted by atomic mass is 35.5. The SMILES string of the molecule is N#C/C(=C(\O)COC(=O)c1ncc(Cl)c(Cl)c1Cl)c1nc2ccccc2[nH]1. The number of nitriles is 1. The summed E-state index contributed by atoms with van der Waals surface area (Å²) in [6, 6.07) is 8.95. The molecule has 0 bridgehead atoms. The van der Waals surface area contributed by atoms with E-state index in [1.807, 2.05) is 6.07 Å². The first-order valence-electron chi connectivity index (χ1n) is 7.36. The summed E-state index contributed by atoms with van der Waals surface area (Å²) in [5.74, 6) is -1.27. The molecule has 0 unspecified atom stereocenters. The van der Waals surface area contributed by atoms with Crippen LogP contribution in [0.1, 0.15) is 16.3 Å². The van der Waals surface area contributed by atoms with Gasteiger partial charge in [0.05, 0.1) is 26.1 Å². The second-order valence-corrected chi connectivity index (χ2v) is 6.36. The van der Waals surface area contributed by atoms with Crippen molar-refractivity contribution in [1.29, 1.82) is 5.26 Å². The number of carbonyl (C=O) groups is 1. The molecule has 0 spiro atoms. The van der Waals surface area contributed by atoms with Crippen LogP contribution in [0.3, 0.4) is 0 Å². The van der Waals surface area contributed by atoms with Crippen molar-refractivity contribution in [2.75, 3.05) is 6.61 Å². The Labute approximate surface area is 167 Å². The van der Waals surface area contributed by atoms with E-state index in [9.17, 15) is 15.2 Å². The summed E-state index contributed by atoms with van der Waals surface area (Å²) in [6.45, 7) is -0.586. The van der Waals surface area contributed by atoms with E-state index >= 15 is 0 Å². The Balaban J connectivity index is 1.82. The highest BCUT2D eigenvalue weighted by molar-refractivity contribution is 6.48. The molecule has 136 valence electrons. The normalized spacial score (nSPS) is 11.8. The van der Waals surface area contributed by atoms with Crippen LogP contribution in [0.15, 0.2) is 36.2 Å². The summed E-state index contributed by atoms with van der Waals surface area (Å²) < 4.78 is 4.96. The van der Waals surface area contributed by atoms with Gasteiger partial charge in [0.1, 0.15) is 18.2 Å². The summed E-state index contributed by atoms with van der Waals surface area (Å²) >= 11 is 17.5. The largest absolute Gasteiger partial charge is 0.507 e. The molecule has 3 rings (SSSR count). The number of rotatable bonds is 4. The minimum absolute atomic E-state index is 0.0416. The first-order chi connectivity index (χ1) is 12.9. The van der Waals surface area contributed by atoms with Crippen LogP contribution < -0.4 is 0 Å². The third kappa shape index (κ3) is 3.83. The fraction of sp³-hybridized carbons (Fsp3) is 0.0588. The van der Waals surface area contributed by atoms with Gasteiger partial charge in [0.25, 0.3) is 0 Å². The highest BCUT2D eigenvalue weighted by Gasteiger charge is 2.20. The van der Waals surface area contributed by atoms with E-state index in [1.54, 1.807) is 24.3 Å². The number of fused-ring (bicyclic) bond motifs is 1. The predicted molar refractivity (Wildman–Crippen MR) is 101 cm³/mol. The topological polar surface area (TPSA) is 112 Å².